The number of nitrogens with two attached hydrogens (primary N) is 1. The van der Waals surface area contributed by atoms with Crippen molar-refractivity contribution in [2.45, 2.75) is 25.3 Å². The van der Waals surface area contributed by atoms with Crippen LogP contribution >= 0.6 is 0 Å². The molecule has 0 radical (unpaired) electrons. The van der Waals surface area contributed by atoms with Crippen molar-refractivity contribution < 1.29 is 22.4 Å². The first-order valence-corrected chi connectivity index (χ1v) is 3.49. The molecule has 3 nitrogen and oxygen atoms in total. The Morgan fingerprint density at radius 2 is 2.00 bits per heavy atom. The van der Waals surface area contributed by atoms with Crippen molar-refractivity contribution in [2.75, 3.05) is 6.54 Å². The monoisotopic (exact) mass is 202 g/mol. The largest absolute Gasteiger partial charge is 0.383 e. The number of halogens is 4. The Labute approximate surface area is 72.3 Å². The maximum absolute atomic E-state index is 12.2. The van der Waals surface area contributed by atoms with Crippen LogP contribution in [-0.2, 0) is 4.79 Å². The summed E-state index contributed by atoms with van der Waals surface area (Å²) in [5.41, 5.74) is 4.99. The van der Waals surface area contributed by atoms with Crippen LogP contribution < -0.4 is 11.1 Å². The summed E-state index contributed by atoms with van der Waals surface area (Å²) in [6.07, 6.45) is -4.00. The zero-order valence-electron chi connectivity index (χ0n) is 6.86. The summed E-state index contributed by atoms with van der Waals surface area (Å²) >= 11 is 0. The van der Waals surface area contributed by atoms with E-state index in [2.05, 4.69) is 0 Å². The van der Waals surface area contributed by atoms with Gasteiger partial charge in [-0.25, -0.2) is 8.78 Å². The lowest BCUT2D eigenvalue weighted by molar-refractivity contribution is -0.170. The van der Waals surface area contributed by atoms with E-state index in [9.17, 15) is 22.4 Å². The van der Waals surface area contributed by atoms with Crippen molar-refractivity contribution in [1.29, 1.82) is 0 Å². The maximum atomic E-state index is 12.2. The summed E-state index contributed by atoms with van der Waals surface area (Å²) in [7, 11) is 0. The summed E-state index contributed by atoms with van der Waals surface area (Å²) in [4.78, 5) is 10.5. The van der Waals surface area contributed by atoms with Crippen LogP contribution in [0, 0.1) is 0 Å². The van der Waals surface area contributed by atoms with Crippen LogP contribution in [0.5, 0.6) is 0 Å². The van der Waals surface area contributed by atoms with Gasteiger partial charge in [-0.3, -0.25) is 4.79 Å². The highest BCUT2D eigenvalue weighted by atomic mass is 19.3. The number of carbonyl (C=O) groups is 1. The van der Waals surface area contributed by atoms with Crippen LogP contribution in [0.1, 0.15) is 6.92 Å². The molecule has 1 unspecified atom stereocenters. The number of hydrogen-bond acceptors (Lipinski definition) is 2. The standard InChI is InChI=1S/C6H10F4N2O/c1-3(2-11)12-5(13)6(9,10)4(7)8/h3-4H,2,11H2,1H3,(H,12,13). The molecule has 0 aromatic heterocycles. The minimum atomic E-state index is -4.65. The first-order valence-electron chi connectivity index (χ1n) is 3.49. The minimum Gasteiger partial charge on any atom is -0.347 e. The van der Waals surface area contributed by atoms with Crippen LogP contribution in [0.25, 0.3) is 0 Å². The van der Waals surface area contributed by atoms with Crippen molar-refractivity contribution in [2.24, 2.45) is 5.73 Å². The Kier molecular flexibility index (Phi) is 4.12. The van der Waals surface area contributed by atoms with Gasteiger partial charge in [0.1, 0.15) is 0 Å². The molecule has 0 aliphatic carbocycles. The Balaban J connectivity index is 4.25. The van der Waals surface area contributed by atoms with Crippen molar-refractivity contribution in [1.82, 2.24) is 5.32 Å². The van der Waals surface area contributed by atoms with E-state index < -0.39 is 24.3 Å². The summed E-state index contributed by atoms with van der Waals surface area (Å²) in [6, 6.07) is -0.753. The van der Waals surface area contributed by atoms with E-state index in [4.69, 9.17) is 5.73 Å². The third-order valence-corrected chi connectivity index (χ3v) is 1.31. The molecular weight excluding hydrogens is 192 g/mol. The summed E-state index contributed by atoms with van der Waals surface area (Å²) in [5, 5.41) is 1.66. The highest BCUT2D eigenvalue weighted by molar-refractivity contribution is 5.84. The molecular formula is C6H10F4N2O. The normalized spacial score (nSPS) is 14.4. The third-order valence-electron chi connectivity index (χ3n) is 1.31. The molecule has 1 atom stereocenters. The van der Waals surface area contributed by atoms with Gasteiger partial charge in [-0.05, 0) is 6.92 Å². The molecule has 0 heterocycles. The lowest BCUT2D eigenvalue weighted by Crippen LogP contribution is -2.49. The second-order valence-corrected chi connectivity index (χ2v) is 2.53. The first-order chi connectivity index (χ1) is 5.82. The highest BCUT2D eigenvalue weighted by Gasteiger charge is 2.49. The molecule has 0 saturated heterocycles. The maximum Gasteiger partial charge on any atom is 0.383 e. The highest BCUT2D eigenvalue weighted by Crippen LogP contribution is 2.22. The van der Waals surface area contributed by atoms with Gasteiger partial charge in [0.05, 0.1) is 0 Å². The Morgan fingerprint density at radius 3 is 2.31 bits per heavy atom. The minimum absolute atomic E-state index is 0.0922. The molecule has 0 spiro atoms. The molecule has 0 bridgehead atoms. The van der Waals surface area contributed by atoms with Crippen LogP contribution in [0.4, 0.5) is 17.6 Å². The molecule has 0 saturated carbocycles. The molecule has 0 aliphatic heterocycles. The number of alkyl halides is 4. The average Bonchev–Trinajstić information content (AvgIpc) is 2.03. The van der Waals surface area contributed by atoms with Crippen molar-refractivity contribution in [3.05, 3.63) is 0 Å². The second-order valence-electron chi connectivity index (χ2n) is 2.53. The first kappa shape index (κ1) is 12.2. The smallest absolute Gasteiger partial charge is 0.347 e. The lowest BCUT2D eigenvalue weighted by Gasteiger charge is -2.17. The van der Waals surface area contributed by atoms with E-state index in [1.54, 1.807) is 5.32 Å². The van der Waals surface area contributed by atoms with Gasteiger partial charge >= 0.3 is 12.3 Å². The molecule has 0 aromatic carbocycles. The van der Waals surface area contributed by atoms with Crippen molar-refractivity contribution in [3.8, 4) is 0 Å². The molecule has 0 rings (SSSR count). The molecule has 1 amide bonds. The molecule has 13 heavy (non-hydrogen) atoms. The van der Waals surface area contributed by atoms with Crippen molar-refractivity contribution in [3.63, 3.8) is 0 Å². The van der Waals surface area contributed by atoms with E-state index in [-0.39, 0.29) is 6.54 Å². The zero-order chi connectivity index (χ0) is 10.6. The van der Waals surface area contributed by atoms with Gasteiger partial charge in [0.25, 0.3) is 5.91 Å². The quantitative estimate of drug-likeness (QED) is 0.646. The number of hydrogen-bond donors (Lipinski definition) is 2. The van der Waals surface area contributed by atoms with Gasteiger partial charge in [0.15, 0.2) is 0 Å². The summed E-state index contributed by atoms with van der Waals surface area (Å²) in [6.45, 7) is 1.24. The van der Waals surface area contributed by atoms with Gasteiger partial charge in [0.2, 0.25) is 0 Å². The van der Waals surface area contributed by atoms with E-state index in [1.807, 2.05) is 0 Å². The van der Waals surface area contributed by atoms with E-state index in [1.165, 1.54) is 6.92 Å². The Hall–Kier alpha value is -0.850. The average molecular weight is 202 g/mol. The van der Waals surface area contributed by atoms with Crippen LogP contribution in [0.2, 0.25) is 0 Å². The molecule has 3 N–H and O–H groups in total. The Morgan fingerprint density at radius 1 is 1.54 bits per heavy atom. The predicted octanol–water partition coefficient (Wildman–Crippen LogP) is 0.350. The van der Waals surface area contributed by atoms with Gasteiger partial charge in [-0.2, -0.15) is 8.78 Å². The van der Waals surface area contributed by atoms with Gasteiger partial charge < -0.3 is 11.1 Å². The van der Waals surface area contributed by atoms with E-state index in [0.717, 1.165) is 0 Å². The fourth-order valence-electron chi connectivity index (χ4n) is 0.478. The van der Waals surface area contributed by atoms with Crippen molar-refractivity contribution >= 4 is 5.91 Å². The number of carbonyl (C=O) groups excluding carboxylic acids is 1. The van der Waals surface area contributed by atoms with Gasteiger partial charge in [-0.1, -0.05) is 0 Å². The molecule has 0 aromatic rings. The second kappa shape index (κ2) is 4.40. The fourth-order valence-corrected chi connectivity index (χ4v) is 0.478. The Bertz CT molecular complexity index is 185. The number of nitrogens with one attached hydrogen (secondary N) is 1. The molecule has 0 aliphatic rings. The third kappa shape index (κ3) is 3.17. The predicted molar refractivity (Wildman–Crippen MR) is 37.6 cm³/mol. The van der Waals surface area contributed by atoms with E-state index >= 15 is 0 Å². The summed E-state index contributed by atoms with van der Waals surface area (Å²) in [5.74, 6) is -6.65. The number of amides is 1. The number of rotatable bonds is 4. The van der Waals surface area contributed by atoms with Gasteiger partial charge in [-0.15, -0.1) is 0 Å². The van der Waals surface area contributed by atoms with E-state index in [0.29, 0.717) is 0 Å². The van der Waals surface area contributed by atoms with Crippen LogP contribution in [0.15, 0.2) is 0 Å². The SMILES string of the molecule is CC(CN)NC(=O)C(F)(F)C(F)F. The lowest BCUT2D eigenvalue weighted by atomic mass is 10.3. The van der Waals surface area contributed by atoms with Crippen LogP contribution in [0.3, 0.4) is 0 Å². The molecule has 78 valence electrons. The molecule has 0 fully saturated rings. The summed E-state index contributed by atoms with van der Waals surface area (Å²) < 4.78 is 47.6. The van der Waals surface area contributed by atoms with Gasteiger partial charge in [0, 0.05) is 12.6 Å². The zero-order valence-corrected chi connectivity index (χ0v) is 6.86. The molecule has 7 heteroatoms. The van der Waals surface area contributed by atoms with Crippen LogP contribution in [-0.4, -0.2) is 30.8 Å². The fraction of sp³-hybridized carbons (Fsp3) is 0.833. The topological polar surface area (TPSA) is 55.1 Å².